The minimum atomic E-state index is -0.159. The van der Waals surface area contributed by atoms with Crippen LogP contribution in [0.3, 0.4) is 0 Å². The molecule has 15 heavy (non-hydrogen) atoms. The van der Waals surface area contributed by atoms with Crippen LogP contribution in [0.4, 0.5) is 0 Å². The van der Waals surface area contributed by atoms with Crippen LogP contribution in [0.1, 0.15) is 5.82 Å². The van der Waals surface area contributed by atoms with E-state index in [1.54, 1.807) is 25.2 Å². The van der Waals surface area contributed by atoms with Gasteiger partial charge in [0.15, 0.2) is 0 Å². The van der Waals surface area contributed by atoms with Crippen molar-refractivity contribution in [3.8, 4) is 0 Å². The molecule has 2 aromatic rings. The lowest BCUT2D eigenvalue weighted by Crippen LogP contribution is -2.16. The summed E-state index contributed by atoms with van der Waals surface area (Å²) >= 11 is 5.97. The first kappa shape index (κ1) is 10.1. The van der Waals surface area contributed by atoms with Gasteiger partial charge in [-0.1, -0.05) is 17.7 Å². The zero-order valence-corrected chi connectivity index (χ0v) is 8.93. The SMILES string of the molecule is CNCc1nc2c(Cl)cccc2c(=O)[nH]1. The van der Waals surface area contributed by atoms with Crippen LogP contribution in [-0.4, -0.2) is 17.0 Å². The number of aromatic nitrogens is 2. The summed E-state index contributed by atoms with van der Waals surface area (Å²) in [5.74, 6) is 0.586. The summed E-state index contributed by atoms with van der Waals surface area (Å²) in [7, 11) is 1.79. The van der Waals surface area contributed by atoms with Crippen molar-refractivity contribution in [2.45, 2.75) is 6.54 Å². The summed E-state index contributed by atoms with van der Waals surface area (Å²) in [5, 5.41) is 3.93. The lowest BCUT2D eigenvalue weighted by Gasteiger charge is -2.02. The summed E-state index contributed by atoms with van der Waals surface area (Å²) in [6, 6.07) is 5.16. The van der Waals surface area contributed by atoms with Crippen LogP contribution >= 0.6 is 11.6 Å². The fraction of sp³-hybridized carbons (Fsp3) is 0.200. The topological polar surface area (TPSA) is 57.8 Å². The van der Waals surface area contributed by atoms with Crippen LogP contribution < -0.4 is 10.9 Å². The number of benzene rings is 1. The van der Waals surface area contributed by atoms with Crippen molar-refractivity contribution in [2.75, 3.05) is 7.05 Å². The van der Waals surface area contributed by atoms with Gasteiger partial charge in [0, 0.05) is 0 Å². The Bertz CT molecular complexity index is 550. The van der Waals surface area contributed by atoms with E-state index in [2.05, 4.69) is 15.3 Å². The maximum atomic E-state index is 11.6. The second kappa shape index (κ2) is 4.00. The Balaban J connectivity index is 2.74. The van der Waals surface area contributed by atoms with Crippen molar-refractivity contribution >= 4 is 22.5 Å². The predicted molar refractivity (Wildman–Crippen MR) is 60.1 cm³/mol. The molecule has 1 heterocycles. The van der Waals surface area contributed by atoms with E-state index in [0.717, 1.165) is 0 Å². The molecule has 0 saturated carbocycles. The number of fused-ring (bicyclic) bond motifs is 1. The summed E-state index contributed by atoms with van der Waals surface area (Å²) in [5.41, 5.74) is 0.390. The molecule has 2 rings (SSSR count). The van der Waals surface area contributed by atoms with E-state index in [1.807, 2.05) is 0 Å². The van der Waals surface area contributed by atoms with Crippen LogP contribution in [0.25, 0.3) is 10.9 Å². The molecule has 2 N–H and O–H groups in total. The van der Waals surface area contributed by atoms with E-state index in [9.17, 15) is 4.79 Å². The first-order valence-electron chi connectivity index (χ1n) is 4.54. The fourth-order valence-electron chi connectivity index (χ4n) is 1.42. The van der Waals surface area contributed by atoms with Gasteiger partial charge in [-0.05, 0) is 19.2 Å². The Morgan fingerprint density at radius 2 is 2.33 bits per heavy atom. The lowest BCUT2D eigenvalue weighted by atomic mass is 10.2. The van der Waals surface area contributed by atoms with Gasteiger partial charge in [-0.25, -0.2) is 4.98 Å². The third-order valence-electron chi connectivity index (χ3n) is 2.08. The Labute approximate surface area is 91.3 Å². The van der Waals surface area contributed by atoms with Gasteiger partial charge in [0.25, 0.3) is 5.56 Å². The summed E-state index contributed by atoms with van der Waals surface area (Å²) in [4.78, 5) is 18.6. The van der Waals surface area contributed by atoms with E-state index in [-0.39, 0.29) is 5.56 Å². The largest absolute Gasteiger partial charge is 0.313 e. The van der Waals surface area contributed by atoms with Crippen molar-refractivity contribution in [1.29, 1.82) is 0 Å². The summed E-state index contributed by atoms with van der Waals surface area (Å²) < 4.78 is 0. The molecule has 0 saturated heterocycles. The molecule has 4 nitrogen and oxygen atoms in total. The van der Waals surface area contributed by atoms with Gasteiger partial charge in [0.05, 0.1) is 22.5 Å². The van der Waals surface area contributed by atoms with Gasteiger partial charge < -0.3 is 10.3 Å². The number of para-hydroxylation sites is 1. The Morgan fingerprint density at radius 1 is 1.53 bits per heavy atom. The zero-order chi connectivity index (χ0) is 10.8. The first-order chi connectivity index (χ1) is 7.22. The number of H-pyrrole nitrogens is 1. The Morgan fingerprint density at radius 3 is 3.07 bits per heavy atom. The average molecular weight is 224 g/mol. The zero-order valence-electron chi connectivity index (χ0n) is 8.17. The molecule has 5 heteroatoms. The van der Waals surface area contributed by atoms with Crippen molar-refractivity contribution in [3.63, 3.8) is 0 Å². The highest BCUT2D eigenvalue weighted by molar-refractivity contribution is 6.34. The molecule has 0 unspecified atom stereocenters. The number of hydrogen-bond acceptors (Lipinski definition) is 3. The second-order valence-electron chi connectivity index (χ2n) is 3.18. The van der Waals surface area contributed by atoms with Crippen molar-refractivity contribution < 1.29 is 0 Å². The van der Waals surface area contributed by atoms with Crippen LogP contribution in [0.5, 0.6) is 0 Å². The quantitative estimate of drug-likeness (QED) is 0.807. The molecule has 0 aliphatic heterocycles. The summed E-state index contributed by atoms with van der Waals surface area (Å²) in [6.45, 7) is 0.510. The highest BCUT2D eigenvalue weighted by atomic mass is 35.5. The lowest BCUT2D eigenvalue weighted by molar-refractivity contribution is 0.760. The third kappa shape index (κ3) is 1.86. The minimum Gasteiger partial charge on any atom is -0.313 e. The molecule has 0 fully saturated rings. The number of nitrogens with zero attached hydrogens (tertiary/aromatic N) is 1. The van der Waals surface area contributed by atoms with Crippen molar-refractivity contribution in [2.24, 2.45) is 0 Å². The number of aromatic amines is 1. The molecule has 1 aromatic carbocycles. The molecule has 78 valence electrons. The number of nitrogens with one attached hydrogen (secondary N) is 2. The maximum Gasteiger partial charge on any atom is 0.258 e. The van der Waals surface area contributed by atoms with E-state index < -0.39 is 0 Å². The van der Waals surface area contributed by atoms with Crippen LogP contribution in [0, 0.1) is 0 Å². The van der Waals surface area contributed by atoms with Crippen molar-refractivity contribution in [1.82, 2.24) is 15.3 Å². The number of halogens is 1. The Hall–Kier alpha value is -1.39. The molecule has 0 spiro atoms. The van der Waals surface area contributed by atoms with Gasteiger partial charge >= 0.3 is 0 Å². The second-order valence-corrected chi connectivity index (χ2v) is 3.59. The average Bonchev–Trinajstić information content (AvgIpc) is 2.20. The van der Waals surface area contributed by atoms with Gasteiger partial charge in [0.1, 0.15) is 5.82 Å². The van der Waals surface area contributed by atoms with Crippen LogP contribution in [-0.2, 0) is 6.54 Å². The van der Waals surface area contributed by atoms with Gasteiger partial charge in [-0.15, -0.1) is 0 Å². The Kier molecular flexibility index (Phi) is 2.70. The van der Waals surface area contributed by atoms with E-state index >= 15 is 0 Å². The monoisotopic (exact) mass is 223 g/mol. The normalized spacial score (nSPS) is 10.8. The van der Waals surface area contributed by atoms with E-state index in [0.29, 0.717) is 28.3 Å². The molecular formula is C10H10ClN3O. The third-order valence-corrected chi connectivity index (χ3v) is 2.39. The van der Waals surface area contributed by atoms with E-state index in [4.69, 9.17) is 11.6 Å². The van der Waals surface area contributed by atoms with Crippen LogP contribution in [0.2, 0.25) is 5.02 Å². The molecule has 1 aromatic heterocycles. The molecule has 0 radical (unpaired) electrons. The van der Waals surface area contributed by atoms with Crippen molar-refractivity contribution in [3.05, 3.63) is 39.4 Å². The predicted octanol–water partition coefficient (Wildman–Crippen LogP) is 1.30. The molecule has 0 aliphatic rings. The minimum absolute atomic E-state index is 0.159. The standard InChI is InChI=1S/C10H10ClN3O/c1-12-5-8-13-9-6(10(15)14-8)3-2-4-7(9)11/h2-4,12H,5H2,1H3,(H,13,14,15). The first-order valence-corrected chi connectivity index (χ1v) is 4.92. The van der Waals surface area contributed by atoms with Gasteiger partial charge in [0.2, 0.25) is 0 Å². The maximum absolute atomic E-state index is 11.6. The number of rotatable bonds is 2. The molecule has 0 aliphatic carbocycles. The molecule has 0 amide bonds. The molecular weight excluding hydrogens is 214 g/mol. The van der Waals surface area contributed by atoms with Gasteiger partial charge in [-0.2, -0.15) is 0 Å². The highest BCUT2D eigenvalue weighted by Crippen LogP contribution is 2.17. The smallest absolute Gasteiger partial charge is 0.258 e. The summed E-state index contributed by atoms with van der Waals surface area (Å²) in [6.07, 6.45) is 0. The van der Waals surface area contributed by atoms with Crippen LogP contribution in [0.15, 0.2) is 23.0 Å². The molecule has 0 bridgehead atoms. The number of hydrogen-bond donors (Lipinski definition) is 2. The molecule has 0 atom stereocenters. The van der Waals surface area contributed by atoms with E-state index in [1.165, 1.54) is 0 Å². The van der Waals surface area contributed by atoms with Gasteiger partial charge in [-0.3, -0.25) is 4.79 Å². The fourth-order valence-corrected chi connectivity index (χ4v) is 1.64. The highest BCUT2D eigenvalue weighted by Gasteiger charge is 2.05.